The van der Waals surface area contributed by atoms with E-state index in [4.69, 9.17) is 9.47 Å². The van der Waals surface area contributed by atoms with Crippen LogP contribution in [0.1, 0.15) is 53.1 Å². The lowest BCUT2D eigenvalue weighted by atomic mass is 9.79. The van der Waals surface area contributed by atoms with E-state index in [2.05, 4.69) is 20.8 Å². The molecule has 12 nitrogen and oxygen atoms in total. The number of hydrogen-bond donors (Lipinski definition) is 3. The molecule has 3 heterocycles. The average Bonchev–Trinajstić information content (AvgIpc) is 3.85. The molecule has 12 heteroatoms. The number of nitrogens with one attached hydrogen (secondary N) is 3. The van der Waals surface area contributed by atoms with E-state index in [-0.39, 0.29) is 48.1 Å². The highest BCUT2D eigenvalue weighted by Crippen LogP contribution is 2.38. The van der Waals surface area contributed by atoms with Crippen LogP contribution >= 0.6 is 0 Å². The van der Waals surface area contributed by atoms with Crippen LogP contribution < -0.4 is 20.1 Å². The van der Waals surface area contributed by atoms with Crippen molar-refractivity contribution in [3.05, 3.63) is 102 Å². The first kappa shape index (κ1) is 37.1. The molecule has 2 fully saturated rings. The van der Waals surface area contributed by atoms with Gasteiger partial charge in [0.2, 0.25) is 11.8 Å². The van der Waals surface area contributed by atoms with Crippen molar-refractivity contribution in [3.63, 3.8) is 0 Å². The van der Waals surface area contributed by atoms with Crippen molar-refractivity contribution >= 4 is 23.6 Å². The topological polar surface area (TPSA) is 146 Å². The predicted octanol–water partition coefficient (Wildman–Crippen LogP) is 4.59. The summed E-state index contributed by atoms with van der Waals surface area (Å²) in [4.78, 5) is 58.7. The summed E-state index contributed by atoms with van der Waals surface area (Å²) in [5.41, 5.74) is 3.42. The lowest BCUT2D eigenvalue weighted by Gasteiger charge is -2.39. The second kappa shape index (κ2) is 16.8. The van der Waals surface area contributed by atoms with E-state index in [9.17, 15) is 19.2 Å². The summed E-state index contributed by atoms with van der Waals surface area (Å²) in [6, 6.07) is 25.7. The van der Waals surface area contributed by atoms with Gasteiger partial charge in [-0.2, -0.15) is 5.10 Å². The normalized spacial score (nSPS) is 18.6. The first-order chi connectivity index (χ1) is 25.6. The number of piperidine rings is 1. The Kier molecular flexibility index (Phi) is 11.8. The fourth-order valence-electron chi connectivity index (χ4n) is 7.45. The molecular formula is C41H48N6O6. The van der Waals surface area contributed by atoms with E-state index in [1.807, 2.05) is 74.5 Å². The SMILES string of the molecule is CNC(=O)[C@H](CCCc1ccccc1)NC(=O)C1CN(C(=O)c2cc(-c3ccccc3)n[nH]2)CC2CN(C(=O)c3ccc(OC(C)C)c(OC)c3)CC21. The number of benzene rings is 3. The number of likely N-dealkylation sites (tertiary alicyclic amines) is 2. The molecule has 2 aliphatic heterocycles. The van der Waals surface area contributed by atoms with E-state index >= 15 is 0 Å². The van der Waals surface area contributed by atoms with Crippen LogP contribution in [0.4, 0.5) is 0 Å². The number of fused-ring (bicyclic) bond motifs is 1. The number of hydrogen-bond acceptors (Lipinski definition) is 7. The van der Waals surface area contributed by atoms with Gasteiger partial charge < -0.3 is 29.9 Å². The van der Waals surface area contributed by atoms with Crippen LogP contribution in [-0.2, 0) is 16.0 Å². The van der Waals surface area contributed by atoms with Crippen LogP contribution in [0.3, 0.4) is 0 Å². The summed E-state index contributed by atoms with van der Waals surface area (Å²) in [6.07, 6.45) is 1.84. The lowest BCUT2D eigenvalue weighted by Crippen LogP contribution is -2.56. The van der Waals surface area contributed by atoms with Crippen LogP contribution in [0.2, 0.25) is 0 Å². The molecule has 0 spiro atoms. The maximum absolute atomic E-state index is 14.3. The maximum Gasteiger partial charge on any atom is 0.271 e. The van der Waals surface area contributed by atoms with Gasteiger partial charge in [0, 0.05) is 44.4 Å². The fraction of sp³-hybridized carbons (Fsp3) is 0.390. The highest BCUT2D eigenvalue weighted by atomic mass is 16.5. The Bertz CT molecular complexity index is 1900. The minimum atomic E-state index is -0.750. The number of nitrogens with zero attached hydrogens (tertiary/aromatic N) is 3. The molecule has 3 N–H and O–H groups in total. The Morgan fingerprint density at radius 1 is 0.868 bits per heavy atom. The van der Waals surface area contributed by atoms with Gasteiger partial charge in [-0.1, -0.05) is 60.7 Å². The van der Waals surface area contributed by atoms with Crippen LogP contribution in [0.15, 0.2) is 84.9 Å². The standard InChI is InChI=1S/C41H48N6O6/c1-26(2)53-36-19-18-29(20-37(36)52-4)40(50)46-22-30-23-47(41(51)35-21-34(44-45-35)28-15-9-6-10-16-28)25-32(31(30)24-46)38(48)43-33(39(49)42-3)17-11-14-27-12-7-5-8-13-27/h5-10,12-13,15-16,18-21,26,30-33H,11,14,17,22-25H2,1-4H3,(H,42,49)(H,43,48)(H,44,45)/t30?,31?,32?,33-/m0/s1. The highest BCUT2D eigenvalue weighted by Gasteiger charge is 2.48. The zero-order chi connectivity index (χ0) is 37.5. The van der Waals surface area contributed by atoms with E-state index in [0.29, 0.717) is 60.9 Å². The molecule has 6 rings (SSSR count). The van der Waals surface area contributed by atoms with Gasteiger partial charge in [0.25, 0.3) is 11.8 Å². The molecular weight excluding hydrogens is 672 g/mol. The van der Waals surface area contributed by atoms with Gasteiger partial charge in [0.15, 0.2) is 11.5 Å². The van der Waals surface area contributed by atoms with Crippen molar-refractivity contribution < 1.29 is 28.7 Å². The third kappa shape index (κ3) is 8.70. The molecule has 53 heavy (non-hydrogen) atoms. The number of methoxy groups -OCH3 is 1. The molecule has 3 unspecified atom stereocenters. The van der Waals surface area contributed by atoms with E-state index in [1.165, 1.54) is 7.11 Å². The number of H-pyrrole nitrogens is 1. The van der Waals surface area contributed by atoms with E-state index in [1.54, 1.807) is 41.1 Å². The number of ether oxygens (including phenoxy) is 2. The summed E-state index contributed by atoms with van der Waals surface area (Å²) in [7, 11) is 3.09. The quantitative estimate of drug-likeness (QED) is 0.183. The summed E-state index contributed by atoms with van der Waals surface area (Å²) in [5, 5.41) is 13.0. The van der Waals surface area contributed by atoms with Gasteiger partial charge in [-0.25, -0.2) is 0 Å². The first-order valence-electron chi connectivity index (χ1n) is 18.2. The van der Waals surface area contributed by atoms with Gasteiger partial charge in [-0.15, -0.1) is 0 Å². The number of carbonyl (C=O) groups is 4. The summed E-state index contributed by atoms with van der Waals surface area (Å²) >= 11 is 0. The predicted molar refractivity (Wildman–Crippen MR) is 200 cm³/mol. The Morgan fingerprint density at radius 2 is 1.57 bits per heavy atom. The van der Waals surface area contributed by atoms with Crippen molar-refractivity contribution in [2.75, 3.05) is 40.3 Å². The molecule has 3 aromatic carbocycles. The minimum Gasteiger partial charge on any atom is -0.493 e. The molecule has 278 valence electrons. The zero-order valence-corrected chi connectivity index (χ0v) is 30.7. The van der Waals surface area contributed by atoms with Crippen molar-refractivity contribution in [2.45, 2.75) is 45.3 Å². The number of amides is 4. The molecule has 1 aromatic heterocycles. The number of aromatic nitrogens is 2. The Labute approximate surface area is 310 Å². The number of aryl methyl sites for hydroxylation is 1. The van der Waals surface area contributed by atoms with E-state index < -0.39 is 12.0 Å². The van der Waals surface area contributed by atoms with Crippen LogP contribution in [-0.4, -0.2) is 96.1 Å². The van der Waals surface area contributed by atoms with Crippen LogP contribution in [0.25, 0.3) is 11.3 Å². The molecule has 4 atom stereocenters. The van der Waals surface area contributed by atoms with Gasteiger partial charge in [0.1, 0.15) is 11.7 Å². The molecule has 0 saturated carbocycles. The van der Waals surface area contributed by atoms with E-state index in [0.717, 1.165) is 17.5 Å². The van der Waals surface area contributed by atoms with Crippen molar-refractivity contribution in [1.29, 1.82) is 0 Å². The Morgan fingerprint density at radius 3 is 2.25 bits per heavy atom. The molecule has 0 bridgehead atoms. The number of carbonyl (C=O) groups excluding carboxylic acids is 4. The molecule has 0 aliphatic carbocycles. The molecule has 4 aromatic rings. The summed E-state index contributed by atoms with van der Waals surface area (Å²) in [5.74, 6) is -1.14. The molecule has 2 aliphatic rings. The number of rotatable bonds is 13. The van der Waals surface area contributed by atoms with Crippen molar-refractivity contribution in [3.8, 4) is 22.8 Å². The Hall–Kier alpha value is -5.65. The third-order valence-electron chi connectivity index (χ3n) is 10.1. The smallest absolute Gasteiger partial charge is 0.271 e. The third-order valence-corrected chi connectivity index (χ3v) is 10.1. The minimum absolute atomic E-state index is 0.0700. The van der Waals surface area contributed by atoms with Crippen molar-refractivity contribution in [2.24, 2.45) is 17.8 Å². The highest BCUT2D eigenvalue weighted by molar-refractivity contribution is 5.96. The summed E-state index contributed by atoms with van der Waals surface area (Å²) < 4.78 is 11.4. The second-order valence-electron chi connectivity index (χ2n) is 14.1. The maximum atomic E-state index is 14.3. The first-order valence-corrected chi connectivity index (χ1v) is 18.2. The average molecular weight is 721 g/mol. The largest absolute Gasteiger partial charge is 0.493 e. The zero-order valence-electron chi connectivity index (χ0n) is 30.7. The van der Waals surface area contributed by atoms with Gasteiger partial charge >= 0.3 is 0 Å². The fourth-order valence-corrected chi connectivity index (χ4v) is 7.45. The van der Waals surface area contributed by atoms with Gasteiger partial charge in [-0.3, -0.25) is 24.3 Å². The molecule has 0 radical (unpaired) electrons. The van der Waals surface area contributed by atoms with Gasteiger partial charge in [-0.05, 0) is 74.8 Å². The molecule has 4 amide bonds. The van der Waals surface area contributed by atoms with Crippen LogP contribution in [0.5, 0.6) is 11.5 Å². The monoisotopic (exact) mass is 720 g/mol. The van der Waals surface area contributed by atoms with Crippen molar-refractivity contribution in [1.82, 2.24) is 30.6 Å². The second-order valence-corrected chi connectivity index (χ2v) is 14.1. The lowest BCUT2D eigenvalue weighted by molar-refractivity contribution is -0.133. The summed E-state index contributed by atoms with van der Waals surface area (Å²) in [6.45, 7) is 5.02. The molecule has 2 saturated heterocycles. The Balaban J connectivity index is 1.23. The number of likely N-dealkylation sites (N-methyl/N-ethyl adjacent to an activating group) is 1. The van der Waals surface area contributed by atoms with Crippen LogP contribution in [0, 0.1) is 17.8 Å². The van der Waals surface area contributed by atoms with Gasteiger partial charge in [0.05, 0.1) is 24.8 Å². The number of aromatic amines is 1.